The molecule has 2 aromatic carbocycles. The minimum atomic E-state index is -0.455. The fraction of sp³-hybridized carbons (Fsp3) is 0.321. The van der Waals surface area contributed by atoms with Crippen LogP contribution in [0.2, 0.25) is 0 Å². The van der Waals surface area contributed by atoms with E-state index in [1.54, 1.807) is 30.2 Å². The molecule has 7 nitrogen and oxygen atoms in total. The van der Waals surface area contributed by atoms with Crippen LogP contribution in [0.25, 0.3) is 6.08 Å². The van der Waals surface area contributed by atoms with Crippen molar-refractivity contribution < 1.29 is 23.9 Å². The first-order valence-corrected chi connectivity index (χ1v) is 12.8. The third-order valence-corrected chi connectivity index (χ3v) is 7.05. The van der Waals surface area contributed by atoms with Gasteiger partial charge in [0.1, 0.15) is 13.2 Å². The molecule has 0 aliphatic carbocycles. The Hall–Kier alpha value is -3.52. The van der Waals surface area contributed by atoms with Crippen molar-refractivity contribution in [2.75, 3.05) is 26.7 Å². The third-order valence-electron chi connectivity index (χ3n) is 6.14. The number of benzene rings is 2. The molecule has 0 radical (unpaired) electrons. The maximum Gasteiger partial charge on any atom is 0.294 e. The molecule has 0 saturated carbocycles. The third kappa shape index (κ3) is 5.99. The van der Waals surface area contributed by atoms with E-state index in [4.69, 9.17) is 9.47 Å². The smallest absolute Gasteiger partial charge is 0.294 e. The van der Waals surface area contributed by atoms with E-state index in [0.29, 0.717) is 43.2 Å². The first-order valence-electron chi connectivity index (χ1n) is 12.0. The van der Waals surface area contributed by atoms with Gasteiger partial charge >= 0.3 is 0 Å². The number of carbonyl (C=O) groups is 3. The predicted molar refractivity (Wildman–Crippen MR) is 141 cm³/mol. The van der Waals surface area contributed by atoms with E-state index >= 15 is 0 Å². The molecule has 8 heteroatoms. The van der Waals surface area contributed by atoms with Gasteiger partial charge in [-0.3, -0.25) is 19.3 Å². The maximum absolute atomic E-state index is 13.0. The number of hydrogen-bond acceptors (Lipinski definition) is 6. The molecule has 0 aromatic heterocycles. The Morgan fingerprint density at radius 3 is 2.56 bits per heavy atom. The van der Waals surface area contributed by atoms with Crippen LogP contribution in [0.1, 0.15) is 36.0 Å². The number of nitrogens with zero attached hydrogens (tertiary/aromatic N) is 2. The van der Waals surface area contributed by atoms with E-state index in [2.05, 4.69) is 6.58 Å². The molecular weight excluding hydrogens is 476 g/mol. The van der Waals surface area contributed by atoms with Crippen molar-refractivity contribution in [1.82, 2.24) is 9.80 Å². The van der Waals surface area contributed by atoms with Crippen LogP contribution in [-0.2, 0) is 22.6 Å². The molecule has 2 aliphatic rings. The second-order valence-electron chi connectivity index (χ2n) is 8.69. The summed E-state index contributed by atoms with van der Waals surface area (Å²) in [4.78, 5) is 41.2. The Morgan fingerprint density at radius 2 is 1.86 bits per heavy atom. The van der Waals surface area contributed by atoms with E-state index in [1.165, 1.54) is 0 Å². The Labute approximate surface area is 215 Å². The van der Waals surface area contributed by atoms with Crippen LogP contribution in [0, 0.1) is 0 Å². The average Bonchev–Trinajstić information content (AvgIpc) is 3.16. The second kappa shape index (κ2) is 11.9. The largest absolute Gasteiger partial charge is 0.493 e. The van der Waals surface area contributed by atoms with Crippen molar-refractivity contribution in [3.8, 4) is 11.5 Å². The van der Waals surface area contributed by atoms with E-state index in [9.17, 15) is 14.4 Å². The monoisotopic (exact) mass is 506 g/mol. The summed E-state index contributed by atoms with van der Waals surface area (Å²) in [5.41, 5.74) is 2.58. The molecule has 4 rings (SSSR count). The average molecular weight is 507 g/mol. The van der Waals surface area contributed by atoms with Crippen molar-refractivity contribution in [3.05, 3.63) is 76.7 Å². The highest BCUT2D eigenvalue weighted by Crippen LogP contribution is 2.37. The maximum atomic E-state index is 13.0. The lowest BCUT2D eigenvalue weighted by Gasteiger charge is -2.27. The molecule has 2 aliphatic heterocycles. The van der Waals surface area contributed by atoms with Crippen molar-refractivity contribution in [3.63, 3.8) is 0 Å². The molecule has 2 fully saturated rings. The molecule has 0 unspecified atom stereocenters. The molecule has 0 spiro atoms. The number of thioether (sulfide) groups is 1. The van der Waals surface area contributed by atoms with Crippen molar-refractivity contribution in [2.24, 2.45) is 0 Å². The van der Waals surface area contributed by atoms with Gasteiger partial charge in [0.25, 0.3) is 11.1 Å². The van der Waals surface area contributed by atoms with Crippen LogP contribution < -0.4 is 9.47 Å². The SMILES string of the molecule is C=CCc1cc(/C=C2\SC(=O)N(CC(=O)N3CCCCC3)C2=O)cc(OC)c1OCc1ccccc1. The minimum Gasteiger partial charge on any atom is -0.493 e. The van der Waals surface area contributed by atoms with Gasteiger partial charge in [-0.2, -0.15) is 0 Å². The number of likely N-dealkylation sites (tertiary alicyclic amines) is 1. The van der Waals surface area contributed by atoms with Crippen LogP contribution in [0.15, 0.2) is 60.0 Å². The summed E-state index contributed by atoms with van der Waals surface area (Å²) in [5.74, 6) is 0.492. The summed E-state index contributed by atoms with van der Waals surface area (Å²) < 4.78 is 11.7. The quantitative estimate of drug-likeness (QED) is 0.350. The highest BCUT2D eigenvalue weighted by molar-refractivity contribution is 8.18. The number of ether oxygens (including phenoxy) is 2. The Morgan fingerprint density at radius 1 is 1.11 bits per heavy atom. The number of allylic oxidation sites excluding steroid dienone is 1. The van der Waals surface area contributed by atoms with Gasteiger partial charge in [-0.05, 0) is 66.8 Å². The number of amides is 3. The normalized spacial score (nSPS) is 17.0. The van der Waals surface area contributed by atoms with Crippen molar-refractivity contribution in [1.29, 1.82) is 0 Å². The Kier molecular flexibility index (Phi) is 8.48. The molecule has 3 amide bonds. The Balaban J connectivity index is 1.54. The summed E-state index contributed by atoms with van der Waals surface area (Å²) in [6, 6.07) is 13.5. The number of rotatable bonds is 9. The molecule has 36 heavy (non-hydrogen) atoms. The summed E-state index contributed by atoms with van der Waals surface area (Å²) >= 11 is 0.845. The van der Waals surface area contributed by atoms with Gasteiger partial charge in [-0.15, -0.1) is 6.58 Å². The van der Waals surface area contributed by atoms with E-state index in [0.717, 1.165) is 47.1 Å². The van der Waals surface area contributed by atoms with Gasteiger partial charge in [-0.25, -0.2) is 0 Å². The zero-order chi connectivity index (χ0) is 25.5. The lowest BCUT2D eigenvalue weighted by Crippen LogP contribution is -2.44. The van der Waals surface area contributed by atoms with E-state index in [1.807, 2.05) is 36.4 Å². The zero-order valence-corrected chi connectivity index (χ0v) is 21.2. The Bertz CT molecular complexity index is 1170. The van der Waals surface area contributed by atoms with Crippen LogP contribution in [0.4, 0.5) is 4.79 Å². The van der Waals surface area contributed by atoms with E-state index < -0.39 is 11.1 Å². The highest BCUT2D eigenvalue weighted by atomic mass is 32.2. The van der Waals surface area contributed by atoms with Crippen molar-refractivity contribution >= 4 is 34.9 Å². The predicted octanol–water partition coefficient (Wildman–Crippen LogP) is 5.05. The molecule has 188 valence electrons. The molecule has 2 saturated heterocycles. The minimum absolute atomic E-state index is 0.187. The summed E-state index contributed by atoms with van der Waals surface area (Å²) in [6.07, 6.45) is 6.97. The van der Waals surface area contributed by atoms with Crippen molar-refractivity contribution in [2.45, 2.75) is 32.3 Å². The molecule has 0 atom stereocenters. The summed E-state index contributed by atoms with van der Waals surface area (Å²) in [6.45, 7) is 5.35. The van der Waals surface area contributed by atoms with Gasteiger partial charge in [0.2, 0.25) is 5.91 Å². The van der Waals surface area contributed by atoms with Gasteiger partial charge in [0.05, 0.1) is 12.0 Å². The molecular formula is C28H30N2O5S. The number of piperidine rings is 1. The van der Waals surface area contributed by atoms with Gasteiger partial charge in [-0.1, -0.05) is 36.4 Å². The molecule has 2 aromatic rings. The first-order chi connectivity index (χ1) is 17.5. The lowest BCUT2D eigenvalue weighted by molar-refractivity contribution is -0.136. The van der Waals surface area contributed by atoms with Crippen LogP contribution >= 0.6 is 11.8 Å². The second-order valence-corrected chi connectivity index (χ2v) is 9.68. The van der Waals surface area contributed by atoms with Crippen LogP contribution in [0.5, 0.6) is 11.5 Å². The summed E-state index contributed by atoms with van der Waals surface area (Å²) in [5, 5.41) is -0.433. The zero-order valence-electron chi connectivity index (χ0n) is 20.4. The summed E-state index contributed by atoms with van der Waals surface area (Å²) in [7, 11) is 1.56. The van der Waals surface area contributed by atoms with Gasteiger partial charge in [0, 0.05) is 18.7 Å². The van der Waals surface area contributed by atoms with Gasteiger partial charge < -0.3 is 14.4 Å². The molecule has 0 N–H and O–H groups in total. The number of methoxy groups -OCH3 is 1. The van der Waals surface area contributed by atoms with E-state index in [-0.39, 0.29) is 17.4 Å². The van der Waals surface area contributed by atoms with Crippen LogP contribution in [0.3, 0.4) is 0 Å². The standard InChI is InChI=1S/C28H30N2O5S/c1-3-10-22-15-21(16-23(34-2)26(22)35-19-20-11-6-4-7-12-20)17-24-27(32)30(28(33)36-24)18-25(31)29-13-8-5-9-14-29/h3-4,6-7,11-12,15-17H,1,5,8-10,13-14,18-19H2,2H3/b24-17-. The number of hydrogen-bond donors (Lipinski definition) is 0. The fourth-order valence-corrected chi connectivity index (χ4v) is 5.12. The number of carbonyl (C=O) groups excluding carboxylic acids is 3. The number of imide groups is 1. The molecule has 2 heterocycles. The van der Waals surface area contributed by atoms with Crippen LogP contribution in [-0.4, -0.2) is 53.6 Å². The molecule has 0 bridgehead atoms. The first kappa shape index (κ1) is 25.6. The lowest BCUT2D eigenvalue weighted by atomic mass is 10.0. The highest BCUT2D eigenvalue weighted by Gasteiger charge is 2.37. The van der Waals surface area contributed by atoms with Gasteiger partial charge in [0.15, 0.2) is 11.5 Å². The fourth-order valence-electron chi connectivity index (χ4n) is 4.29. The topological polar surface area (TPSA) is 76.2 Å².